The molecule has 0 saturated heterocycles. The molecule has 0 aromatic rings. The van der Waals surface area contributed by atoms with Gasteiger partial charge in [-0.05, 0) is 25.3 Å². The van der Waals surface area contributed by atoms with Gasteiger partial charge in [0.15, 0.2) is 0 Å². The van der Waals surface area contributed by atoms with Gasteiger partial charge in [-0.3, -0.25) is 0 Å². The van der Waals surface area contributed by atoms with Gasteiger partial charge >= 0.3 is 0 Å². The van der Waals surface area contributed by atoms with Crippen LogP contribution in [0, 0.1) is 5.92 Å². The molecule has 0 unspecified atom stereocenters. The van der Waals surface area contributed by atoms with E-state index in [-0.39, 0.29) is 5.92 Å². The second-order valence-electron chi connectivity index (χ2n) is 4.15. The third-order valence-corrected chi connectivity index (χ3v) is 3.21. The average Bonchev–Trinajstić information content (AvgIpc) is 2.27. The summed E-state index contributed by atoms with van der Waals surface area (Å²) in [4.78, 5) is 0. The zero-order valence-electron chi connectivity index (χ0n) is 8.55. The molecule has 0 bridgehead atoms. The highest BCUT2D eigenvalue weighted by molar-refractivity contribution is 5.16. The first-order valence-electron chi connectivity index (χ1n) is 5.12. The van der Waals surface area contributed by atoms with Crippen LogP contribution in [0.1, 0.15) is 39.0 Å². The van der Waals surface area contributed by atoms with Crippen LogP contribution in [-0.2, 0) is 0 Å². The molecule has 0 aliphatic heterocycles. The van der Waals surface area contributed by atoms with Crippen LogP contribution < -0.4 is 0 Å². The summed E-state index contributed by atoms with van der Waals surface area (Å²) in [6.45, 7) is 9.61. The summed E-state index contributed by atoms with van der Waals surface area (Å²) in [5.74, 6) is 0.201. The lowest BCUT2D eigenvalue weighted by Gasteiger charge is -2.33. The van der Waals surface area contributed by atoms with Crippen LogP contribution in [0.4, 0.5) is 0 Å². The Balaban J connectivity index is 2.86. The standard InChI is InChI=1S/C12H20O/c1-4-11-8-6-5-7-9-12(11,13)10(2)3/h4,11,13H,1-2,5-9H2,3H3/t11-,12-/m0/s1. The Hall–Kier alpha value is -0.560. The SMILES string of the molecule is C=C[C@H]1CCCCC[C@]1(O)C(=C)C. The molecule has 0 aromatic heterocycles. The molecule has 1 fully saturated rings. The van der Waals surface area contributed by atoms with Gasteiger partial charge in [0.1, 0.15) is 0 Å². The molecule has 1 nitrogen and oxygen atoms in total. The summed E-state index contributed by atoms with van der Waals surface area (Å²) in [5.41, 5.74) is 0.206. The molecule has 1 rings (SSSR count). The van der Waals surface area contributed by atoms with Crippen LogP contribution in [0.15, 0.2) is 24.8 Å². The Kier molecular flexibility index (Phi) is 3.32. The van der Waals surface area contributed by atoms with Gasteiger partial charge in [0.25, 0.3) is 0 Å². The van der Waals surface area contributed by atoms with E-state index in [1.165, 1.54) is 12.8 Å². The quantitative estimate of drug-likeness (QED) is 0.511. The van der Waals surface area contributed by atoms with Crippen molar-refractivity contribution in [3.63, 3.8) is 0 Å². The van der Waals surface area contributed by atoms with Crippen molar-refractivity contribution in [1.82, 2.24) is 0 Å². The lowest BCUT2D eigenvalue weighted by molar-refractivity contribution is 0.0300. The molecule has 0 heterocycles. The van der Waals surface area contributed by atoms with E-state index < -0.39 is 5.60 Å². The second-order valence-corrected chi connectivity index (χ2v) is 4.15. The smallest absolute Gasteiger partial charge is 0.0913 e. The molecule has 0 radical (unpaired) electrons. The predicted octanol–water partition coefficient (Wildman–Crippen LogP) is 3.06. The van der Waals surface area contributed by atoms with Crippen LogP contribution in [0.3, 0.4) is 0 Å². The summed E-state index contributed by atoms with van der Waals surface area (Å²) in [6, 6.07) is 0. The largest absolute Gasteiger partial charge is 0.385 e. The van der Waals surface area contributed by atoms with E-state index in [2.05, 4.69) is 13.2 Å². The van der Waals surface area contributed by atoms with Crippen molar-refractivity contribution >= 4 is 0 Å². The van der Waals surface area contributed by atoms with Crippen LogP contribution in [-0.4, -0.2) is 10.7 Å². The Morgan fingerprint density at radius 1 is 1.46 bits per heavy atom. The first-order valence-corrected chi connectivity index (χ1v) is 5.12. The minimum absolute atomic E-state index is 0.201. The zero-order valence-corrected chi connectivity index (χ0v) is 8.55. The third kappa shape index (κ3) is 2.02. The van der Waals surface area contributed by atoms with E-state index >= 15 is 0 Å². The molecule has 1 saturated carbocycles. The first-order chi connectivity index (χ1) is 6.11. The number of hydrogen-bond acceptors (Lipinski definition) is 1. The number of aliphatic hydroxyl groups is 1. The fraction of sp³-hybridized carbons (Fsp3) is 0.667. The van der Waals surface area contributed by atoms with Crippen molar-refractivity contribution in [3.05, 3.63) is 24.8 Å². The molecular formula is C12H20O. The Labute approximate surface area is 81.2 Å². The summed E-state index contributed by atoms with van der Waals surface area (Å²) in [7, 11) is 0. The van der Waals surface area contributed by atoms with Gasteiger partial charge in [-0.15, -0.1) is 6.58 Å². The maximum atomic E-state index is 10.4. The Morgan fingerprint density at radius 2 is 2.15 bits per heavy atom. The molecule has 0 aromatic carbocycles. The van der Waals surface area contributed by atoms with Crippen molar-refractivity contribution in [3.8, 4) is 0 Å². The van der Waals surface area contributed by atoms with Crippen molar-refractivity contribution in [1.29, 1.82) is 0 Å². The summed E-state index contributed by atoms with van der Waals surface area (Å²) in [5, 5.41) is 10.4. The van der Waals surface area contributed by atoms with Gasteiger partial charge in [0.2, 0.25) is 0 Å². The van der Waals surface area contributed by atoms with Gasteiger partial charge in [0.05, 0.1) is 5.60 Å². The molecular weight excluding hydrogens is 160 g/mol. The highest BCUT2D eigenvalue weighted by Gasteiger charge is 2.36. The number of hydrogen-bond donors (Lipinski definition) is 1. The fourth-order valence-corrected chi connectivity index (χ4v) is 2.20. The predicted molar refractivity (Wildman–Crippen MR) is 56.5 cm³/mol. The van der Waals surface area contributed by atoms with Crippen LogP contribution in [0.25, 0.3) is 0 Å². The van der Waals surface area contributed by atoms with Crippen LogP contribution in [0.5, 0.6) is 0 Å². The topological polar surface area (TPSA) is 20.2 Å². The normalized spacial score (nSPS) is 35.1. The molecule has 0 amide bonds. The van der Waals surface area contributed by atoms with Crippen molar-refractivity contribution in [2.75, 3.05) is 0 Å². The maximum absolute atomic E-state index is 10.4. The van der Waals surface area contributed by atoms with Gasteiger partial charge in [-0.2, -0.15) is 0 Å². The minimum Gasteiger partial charge on any atom is -0.385 e. The van der Waals surface area contributed by atoms with Crippen molar-refractivity contribution in [2.24, 2.45) is 5.92 Å². The highest BCUT2D eigenvalue weighted by Crippen LogP contribution is 2.37. The molecule has 1 aliphatic rings. The fourth-order valence-electron chi connectivity index (χ4n) is 2.20. The van der Waals surface area contributed by atoms with Gasteiger partial charge in [-0.25, -0.2) is 0 Å². The zero-order chi connectivity index (χ0) is 9.90. The first kappa shape index (κ1) is 10.5. The molecule has 1 aliphatic carbocycles. The van der Waals surface area contributed by atoms with Crippen LogP contribution >= 0.6 is 0 Å². The number of rotatable bonds is 2. The van der Waals surface area contributed by atoms with E-state index in [9.17, 15) is 5.11 Å². The molecule has 13 heavy (non-hydrogen) atoms. The molecule has 0 spiro atoms. The Morgan fingerprint density at radius 3 is 2.69 bits per heavy atom. The lowest BCUT2D eigenvalue weighted by atomic mass is 9.79. The minimum atomic E-state index is -0.682. The highest BCUT2D eigenvalue weighted by atomic mass is 16.3. The van der Waals surface area contributed by atoms with E-state index in [0.717, 1.165) is 24.8 Å². The third-order valence-electron chi connectivity index (χ3n) is 3.21. The van der Waals surface area contributed by atoms with E-state index in [1.807, 2.05) is 13.0 Å². The molecule has 1 heteroatoms. The van der Waals surface area contributed by atoms with Crippen LogP contribution in [0.2, 0.25) is 0 Å². The second kappa shape index (κ2) is 4.10. The Bertz CT molecular complexity index is 207. The van der Waals surface area contributed by atoms with Crippen molar-refractivity contribution in [2.45, 2.75) is 44.6 Å². The van der Waals surface area contributed by atoms with E-state index in [0.29, 0.717) is 0 Å². The average molecular weight is 180 g/mol. The monoisotopic (exact) mass is 180 g/mol. The molecule has 74 valence electrons. The summed E-state index contributed by atoms with van der Waals surface area (Å²) >= 11 is 0. The van der Waals surface area contributed by atoms with Gasteiger partial charge in [0, 0.05) is 5.92 Å². The molecule has 1 N–H and O–H groups in total. The van der Waals surface area contributed by atoms with Gasteiger partial charge in [-0.1, -0.05) is 31.9 Å². The van der Waals surface area contributed by atoms with E-state index in [1.54, 1.807) is 0 Å². The molecule has 2 atom stereocenters. The maximum Gasteiger partial charge on any atom is 0.0913 e. The summed E-state index contributed by atoms with van der Waals surface area (Å²) < 4.78 is 0. The van der Waals surface area contributed by atoms with E-state index in [4.69, 9.17) is 0 Å². The van der Waals surface area contributed by atoms with Gasteiger partial charge < -0.3 is 5.11 Å². The summed E-state index contributed by atoms with van der Waals surface area (Å²) in [6.07, 6.45) is 7.31. The lowest BCUT2D eigenvalue weighted by Crippen LogP contribution is -2.36. The van der Waals surface area contributed by atoms with Crippen molar-refractivity contribution < 1.29 is 5.11 Å².